The number of hydrogen-bond donors (Lipinski definition) is 1. The Morgan fingerprint density at radius 3 is 2.64 bits per heavy atom. The van der Waals surface area contributed by atoms with Crippen molar-refractivity contribution in [1.29, 1.82) is 0 Å². The van der Waals surface area contributed by atoms with E-state index in [4.69, 9.17) is 5.11 Å². The lowest BCUT2D eigenvalue weighted by molar-refractivity contribution is 0.259. The second-order valence-electron chi connectivity index (χ2n) is 4.12. The highest BCUT2D eigenvalue weighted by Gasteiger charge is 2.32. The maximum atomic E-state index is 11.7. The smallest absolute Gasteiger partial charge is 0.216 e. The van der Waals surface area contributed by atoms with Crippen LogP contribution in [0.4, 0.5) is 0 Å². The summed E-state index contributed by atoms with van der Waals surface area (Å²) in [7, 11) is -3.08. The zero-order valence-corrected chi connectivity index (χ0v) is 9.63. The molecule has 0 bridgehead atoms. The lowest BCUT2D eigenvalue weighted by Gasteiger charge is -2.18. The van der Waals surface area contributed by atoms with E-state index in [2.05, 4.69) is 0 Å². The number of rotatable bonds is 4. The maximum Gasteiger partial charge on any atom is 0.216 e. The fourth-order valence-electron chi connectivity index (χ4n) is 1.74. The van der Waals surface area contributed by atoms with E-state index >= 15 is 0 Å². The van der Waals surface area contributed by atoms with Gasteiger partial charge in [-0.25, -0.2) is 12.7 Å². The molecule has 0 radical (unpaired) electrons. The quantitative estimate of drug-likeness (QED) is 0.749. The molecule has 1 heterocycles. The van der Waals surface area contributed by atoms with Crippen LogP contribution in [0.3, 0.4) is 0 Å². The van der Waals surface area contributed by atoms with Gasteiger partial charge in [-0.3, -0.25) is 0 Å². The molecule has 0 aromatic carbocycles. The van der Waals surface area contributed by atoms with Crippen LogP contribution in [-0.2, 0) is 10.0 Å². The Morgan fingerprint density at radius 1 is 1.50 bits per heavy atom. The SMILES string of the molecule is CC(C)S(=O)(=O)N1CCC(CCO)C1. The van der Waals surface area contributed by atoms with Crippen molar-refractivity contribution in [3.8, 4) is 0 Å². The Labute approximate surface area is 86.0 Å². The van der Waals surface area contributed by atoms with Crippen LogP contribution >= 0.6 is 0 Å². The van der Waals surface area contributed by atoms with Gasteiger partial charge in [0.2, 0.25) is 10.0 Å². The van der Waals surface area contributed by atoms with Gasteiger partial charge in [0.05, 0.1) is 5.25 Å². The van der Waals surface area contributed by atoms with Gasteiger partial charge in [0.25, 0.3) is 0 Å². The number of sulfonamides is 1. The first kappa shape index (κ1) is 11.9. The van der Waals surface area contributed by atoms with Crippen LogP contribution < -0.4 is 0 Å². The lowest BCUT2D eigenvalue weighted by Crippen LogP contribution is -2.34. The predicted molar refractivity (Wildman–Crippen MR) is 55.4 cm³/mol. The number of aliphatic hydroxyl groups is 1. The van der Waals surface area contributed by atoms with Gasteiger partial charge in [-0.2, -0.15) is 0 Å². The molecule has 4 nitrogen and oxygen atoms in total. The van der Waals surface area contributed by atoms with Crippen molar-refractivity contribution >= 4 is 10.0 Å². The Bertz CT molecular complexity index is 274. The van der Waals surface area contributed by atoms with Gasteiger partial charge in [0.1, 0.15) is 0 Å². The largest absolute Gasteiger partial charge is 0.396 e. The molecule has 1 fully saturated rings. The number of nitrogens with zero attached hydrogens (tertiary/aromatic N) is 1. The Balaban J connectivity index is 2.58. The van der Waals surface area contributed by atoms with E-state index in [1.54, 1.807) is 18.2 Å². The molecule has 0 aromatic heterocycles. The van der Waals surface area contributed by atoms with Gasteiger partial charge in [-0.05, 0) is 32.6 Å². The van der Waals surface area contributed by atoms with Crippen LogP contribution in [-0.4, -0.2) is 42.8 Å². The van der Waals surface area contributed by atoms with E-state index in [0.717, 1.165) is 6.42 Å². The van der Waals surface area contributed by atoms with Gasteiger partial charge >= 0.3 is 0 Å². The van der Waals surface area contributed by atoms with Crippen LogP contribution in [0, 0.1) is 5.92 Å². The molecule has 5 heteroatoms. The van der Waals surface area contributed by atoms with Crippen LogP contribution in [0.15, 0.2) is 0 Å². The van der Waals surface area contributed by atoms with Crippen LogP contribution in [0.1, 0.15) is 26.7 Å². The predicted octanol–water partition coefficient (Wildman–Crippen LogP) is 0.429. The van der Waals surface area contributed by atoms with Gasteiger partial charge in [-0.15, -0.1) is 0 Å². The second-order valence-corrected chi connectivity index (χ2v) is 6.61. The molecule has 0 aliphatic carbocycles. The molecule has 1 N–H and O–H groups in total. The van der Waals surface area contributed by atoms with Crippen molar-refractivity contribution in [3.05, 3.63) is 0 Å². The van der Waals surface area contributed by atoms with Crippen LogP contribution in [0.2, 0.25) is 0 Å². The summed E-state index contributed by atoms with van der Waals surface area (Å²) < 4.78 is 25.0. The van der Waals surface area contributed by atoms with Gasteiger partial charge in [0.15, 0.2) is 0 Å². The van der Waals surface area contributed by atoms with Gasteiger partial charge < -0.3 is 5.11 Å². The summed E-state index contributed by atoms with van der Waals surface area (Å²) >= 11 is 0. The first-order chi connectivity index (χ1) is 6.48. The summed E-state index contributed by atoms with van der Waals surface area (Å²) in [4.78, 5) is 0. The fraction of sp³-hybridized carbons (Fsp3) is 1.00. The Kier molecular flexibility index (Phi) is 3.92. The third kappa shape index (κ3) is 2.46. The molecule has 1 rings (SSSR count). The van der Waals surface area contributed by atoms with Crippen molar-refractivity contribution in [2.75, 3.05) is 19.7 Å². The highest BCUT2D eigenvalue weighted by atomic mass is 32.2. The minimum absolute atomic E-state index is 0.153. The fourth-order valence-corrected chi connectivity index (χ4v) is 3.12. The molecular formula is C9H19NO3S. The summed E-state index contributed by atoms with van der Waals surface area (Å²) in [5.74, 6) is 0.341. The normalized spacial score (nSPS) is 24.7. The molecule has 1 unspecified atom stereocenters. The van der Waals surface area contributed by atoms with E-state index in [9.17, 15) is 8.42 Å². The highest BCUT2D eigenvalue weighted by Crippen LogP contribution is 2.23. The molecule has 0 amide bonds. The van der Waals surface area contributed by atoms with E-state index < -0.39 is 10.0 Å². The summed E-state index contributed by atoms with van der Waals surface area (Å²) in [5, 5.41) is 8.42. The molecule has 1 aliphatic heterocycles. The van der Waals surface area contributed by atoms with E-state index in [1.807, 2.05) is 0 Å². The molecule has 0 spiro atoms. The first-order valence-electron chi connectivity index (χ1n) is 5.08. The molecule has 1 aliphatic rings. The molecule has 1 atom stereocenters. The van der Waals surface area contributed by atoms with Crippen molar-refractivity contribution in [1.82, 2.24) is 4.31 Å². The summed E-state index contributed by atoms with van der Waals surface area (Å²) in [6.07, 6.45) is 1.59. The van der Waals surface area contributed by atoms with Crippen molar-refractivity contribution in [2.45, 2.75) is 31.9 Å². The summed E-state index contributed by atoms with van der Waals surface area (Å²) in [6, 6.07) is 0. The Morgan fingerprint density at radius 2 is 2.14 bits per heavy atom. The van der Waals surface area contributed by atoms with Gasteiger partial charge in [-0.1, -0.05) is 0 Å². The lowest BCUT2D eigenvalue weighted by atomic mass is 10.1. The van der Waals surface area contributed by atoms with E-state index in [0.29, 0.717) is 25.4 Å². The topological polar surface area (TPSA) is 57.6 Å². The minimum Gasteiger partial charge on any atom is -0.396 e. The van der Waals surface area contributed by atoms with Crippen LogP contribution in [0.25, 0.3) is 0 Å². The van der Waals surface area contributed by atoms with Gasteiger partial charge in [0, 0.05) is 19.7 Å². The molecule has 84 valence electrons. The minimum atomic E-state index is -3.08. The molecule has 14 heavy (non-hydrogen) atoms. The highest BCUT2D eigenvalue weighted by molar-refractivity contribution is 7.89. The molecule has 0 aromatic rings. The molecule has 1 saturated heterocycles. The average Bonchev–Trinajstić information content (AvgIpc) is 2.53. The van der Waals surface area contributed by atoms with Crippen molar-refractivity contribution in [3.63, 3.8) is 0 Å². The zero-order chi connectivity index (χ0) is 10.8. The third-order valence-electron chi connectivity index (χ3n) is 2.74. The summed E-state index contributed by atoms with van der Waals surface area (Å²) in [6.45, 7) is 4.76. The number of aliphatic hydroxyl groups excluding tert-OH is 1. The second kappa shape index (κ2) is 4.59. The van der Waals surface area contributed by atoms with E-state index in [-0.39, 0.29) is 11.9 Å². The Hall–Kier alpha value is -0.130. The molecular weight excluding hydrogens is 202 g/mol. The third-order valence-corrected chi connectivity index (χ3v) is 4.98. The first-order valence-corrected chi connectivity index (χ1v) is 6.58. The maximum absolute atomic E-state index is 11.7. The number of hydrogen-bond acceptors (Lipinski definition) is 3. The van der Waals surface area contributed by atoms with Crippen LogP contribution in [0.5, 0.6) is 0 Å². The standard InChI is InChI=1S/C9H19NO3S/c1-8(2)14(12,13)10-5-3-9(7-10)4-6-11/h8-9,11H,3-7H2,1-2H3. The van der Waals surface area contributed by atoms with Crippen molar-refractivity contribution < 1.29 is 13.5 Å². The summed E-state index contributed by atoms with van der Waals surface area (Å²) in [5.41, 5.74) is 0. The van der Waals surface area contributed by atoms with E-state index in [1.165, 1.54) is 0 Å². The monoisotopic (exact) mass is 221 g/mol. The molecule has 0 saturated carbocycles. The average molecular weight is 221 g/mol. The van der Waals surface area contributed by atoms with Crippen molar-refractivity contribution in [2.24, 2.45) is 5.92 Å². The zero-order valence-electron chi connectivity index (χ0n) is 8.81.